The van der Waals surface area contributed by atoms with E-state index in [0.717, 1.165) is 19.4 Å². The summed E-state index contributed by atoms with van der Waals surface area (Å²) in [5.74, 6) is 0.130. The molecule has 0 unspecified atom stereocenters. The maximum atomic E-state index is 12.9. The first-order chi connectivity index (χ1) is 11.0. The van der Waals surface area contributed by atoms with Crippen molar-refractivity contribution in [3.63, 3.8) is 0 Å². The van der Waals surface area contributed by atoms with Crippen LogP contribution in [0, 0.1) is 11.3 Å². The number of nitrogens with zero attached hydrogens (tertiary/aromatic N) is 2. The highest BCUT2D eigenvalue weighted by molar-refractivity contribution is 5.87. The molecule has 3 rings (SSSR count). The van der Waals surface area contributed by atoms with Crippen molar-refractivity contribution in [1.82, 2.24) is 9.80 Å². The van der Waals surface area contributed by atoms with Crippen molar-refractivity contribution in [3.05, 3.63) is 0 Å². The molecule has 2 amide bonds. The van der Waals surface area contributed by atoms with Crippen molar-refractivity contribution in [2.24, 2.45) is 11.3 Å². The third-order valence-corrected chi connectivity index (χ3v) is 6.47. The average Bonchev–Trinajstić information content (AvgIpc) is 3.05. The molecule has 23 heavy (non-hydrogen) atoms. The Labute approximate surface area is 139 Å². The number of carbonyl (C=O) groups is 2. The SMILES string of the molecule is CCO[C@@H]1C[C@@H](N(C)C(=O)[C@@H]2CCN(C)C(=O)C2)C12CCCC2. The van der Waals surface area contributed by atoms with Crippen molar-refractivity contribution in [1.29, 1.82) is 0 Å². The predicted molar refractivity (Wildman–Crippen MR) is 87.9 cm³/mol. The molecule has 0 aromatic rings. The molecule has 0 radical (unpaired) electrons. The van der Waals surface area contributed by atoms with Crippen LogP contribution < -0.4 is 0 Å². The van der Waals surface area contributed by atoms with Crippen LogP contribution in [0.4, 0.5) is 0 Å². The molecule has 5 heteroatoms. The second-order valence-corrected chi connectivity index (χ2v) is 7.59. The number of rotatable bonds is 4. The van der Waals surface area contributed by atoms with Crippen molar-refractivity contribution >= 4 is 11.8 Å². The lowest BCUT2D eigenvalue weighted by Crippen LogP contribution is -2.64. The maximum Gasteiger partial charge on any atom is 0.226 e. The van der Waals surface area contributed by atoms with Gasteiger partial charge in [-0.05, 0) is 32.6 Å². The van der Waals surface area contributed by atoms with Crippen LogP contribution in [0.25, 0.3) is 0 Å². The minimum absolute atomic E-state index is 0.0966. The Hall–Kier alpha value is -1.10. The van der Waals surface area contributed by atoms with E-state index in [1.807, 2.05) is 19.0 Å². The molecule has 1 heterocycles. The molecule has 130 valence electrons. The average molecular weight is 322 g/mol. The van der Waals surface area contributed by atoms with E-state index < -0.39 is 0 Å². The van der Waals surface area contributed by atoms with Gasteiger partial charge in [-0.2, -0.15) is 0 Å². The summed E-state index contributed by atoms with van der Waals surface area (Å²) in [5, 5.41) is 0. The topological polar surface area (TPSA) is 49.9 Å². The summed E-state index contributed by atoms with van der Waals surface area (Å²) in [6, 6.07) is 0.295. The van der Waals surface area contributed by atoms with Crippen LogP contribution in [0.15, 0.2) is 0 Å². The highest BCUT2D eigenvalue weighted by Crippen LogP contribution is 2.56. The Bertz CT molecular complexity index is 473. The summed E-state index contributed by atoms with van der Waals surface area (Å²) in [7, 11) is 3.76. The van der Waals surface area contributed by atoms with Gasteiger partial charge in [0.2, 0.25) is 11.8 Å². The van der Waals surface area contributed by atoms with E-state index in [1.54, 1.807) is 4.90 Å². The highest BCUT2D eigenvalue weighted by atomic mass is 16.5. The Balaban J connectivity index is 1.67. The fraction of sp³-hybridized carbons (Fsp3) is 0.889. The Kier molecular flexibility index (Phi) is 4.68. The van der Waals surface area contributed by atoms with Crippen LogP contribution in [-0.2, 0) is 14.3 Å². The van der Waals surface area contributed by atoms with Gasteiger partial charge in [0.05, 0.1) is 6.10 Å². The number of hydrogen-bond acceptors (Lipinski definition) is 3. The molecule has 3 aliphatic rings. The molecule has 2 saturated carbocycles. The molecule has 5 nitrogen and oxygen atoms in total. The van der Waals surface area contributed by atoms with Crippen molar-refractivity contribution < 1.29 is 14.3 Å². The van der Waals surface area contributed by atoms with Gasteiger partial charge in [0, 0.05) is 51.0 Å². The second-order valence-electron chi connectivity index (χ2n) is 7.59. The van der Waals surface area contributed by atoms with Gasteiger partial charge in [-0.3, -0.25) is 9.59 Å². The van der Waals surface area contributed by atoms with Gasteiger partial charge in [0.25, 0.3) is 0 Å². The molecule has 0 aromatic carbocycles. The number of hydrogen-bond donors (Lipinski definition) is 0. The molecule has 1 spiro atoms. The summed E-state index contributed by atoms with van der Waals surface area (Å²) in [6.45, 7) is 3.50. The minimum Gasteiger partial charge on any atom is -0.378 e. The van der Waals surface area contributed by atoms with Gasteiger partial charge in [-0.15, -0.1) is 0 Å². The fourth-order valence-electron chi connectivity index (χ4n) is 4.99. The van der Waals surface area contributed by atoms with E-state index in [1.165, 1.54) is 25.7 Å². The minimum atomic E-state index is -0.131. The zero-order valence-corrected chi connectivity index (χ0v) is 14.7. The van der Waals surface area contributed by atoms with E-state index in [9.17, 15) is 9.59 Å². The van der Waals surface area contributed by atoms with Gasteiger partial charge < -0.3 is 14.5 Å². The van der Waals surface area contributed by atoms with Crippen LogP contribution in [0.2, 0.25) is 0 Å². The summed E-state index contributed by atoms with van der Waals surface area (Å²) in [6.07, 6.45) is 7.27. The van der Waals surface area contributed by atoms with Crippen LogP contribution in [-0.4, -0.2) is 61.0 Å². The second kappa shape index (κ2) is 6.42. The van der Waals surface area contributed by atoms with E-state index in [4.69, 9.17) is 4.74 Å². The molecule has 0 aromatic heterocycles. The number of carbonyl (C=O) groups excluding carboxylic acids is 2. The molecule has 2 aliphatic carbocycles. The third-order valence-electron chi connectivity index (χ3n) is 6.47. The van der Waals surface area contributed by atoms with E-state index in [2.05, 4.69) is 6.92 Å². The normalized spacial score (nSPS) is 32.9. The first-order valence-electron chi connectivity index (χ1n) is 9.12. The lowest BCUT2D eigenvalue weighted by atomic mass is 9.60. The van der Waals surface area contributed by atoms with E-state index in [0.29, 0.717) is 25.1 Å². The zero-order chi connectivity index (χ0) is 16.6. The van der Waals surface area contributed by atoms with Crippen LogP contribution in [0.1, 0.15) is 51.9 Å². The predicted octanol–water partition coefficient (Wildman–Crippen LogP) is 2.05. The molecule has 0 N–H and O–H groups in total. The lowest BCUT2D eigenvalue weighted by Gasteiger charge is -2.57. The van der Waals surface area contributed by atoms with Crippen molar-refractivity contribution in [2.75, 3.05) is 27.2 Å². The first kappa shape index (κ1) is 16.7. The summed E-state index contributed by atoms with van der Waals surface area (Å²) < 4.78 is 5.95. The van der Waals surface area contributed by atoms with Gasteiger partial charge in [-0.25, -0.2) is 0 Å². The molecular weight excluding hydrogens is 292 g/mol. The first-order valence-corrected chi connectivity index (χ1v) is 9.12. The Morgan fingerprint density at radius 2 is 2.09 bits per heavy atom. The van der Waals surface area contributed by atoms with Crippen LogP contribution in [0.5, 0.6) is 0 Å². The largest absolute Gasteiger partial charge is 0.378 e. The number of likely N-dealkylation sites (tertiary alicyclic amines) is 1. The Morgan fingerprint density at radius 3 is 2.70 bits per heavy atom. The molecule has 1 saturated heterocycles. The van der Waals surface area contributed by atoms with Gasteiger partial charge >= 0.3 is 0 Å². The fourth-order valence-corrected chi connectivity index (χ4v) is 4.99. The Morgan fingerprint density at radius 1 is 1.39 bits per heavy atom. The number of ether oxygens (including phenoxy) is 1. The van der Waals surface area contributed by atoms with Gasteiger partial charge in [-0.1, -0.05) is 12.8 Å². The molecule has 0 bridgehead atoms. The number of piperidine rings is 1. The lowest BCUT2D eigenvalue weighted by molar-refractivity contribution is -0.176. The molecule has 1 aliphatic heterocycles. The van der Waals surface area contributed by atoms with Crippen molar-refractivity contribution in [2.45, 2.75) is 64.0 Å². The van der Waals surface area contributed by atoms with E-state index >= 15 is 0 Å². The highest BCUT2D eigenvalue weighted by Gasteiger charge is 2.59. The quantitative estimate of drug-likeness (QED) is 0.796. The van der Waals surface area contributed by atoms with Gasteiger partial charge in [0.1, 0.15) is 0 Å². The summed E-state index contributed by atoms with van der Waals surface area (Å²) in [4.78, 5) is 28.5. The molecule has 3 atom stereocenters. The number of amides is 2. The molecular formula is C18H30N2O3. The summed E-state index contributed by atoms with van der Waals surface area (Å²) >= 11 is 0. The van der Waals surface area contributed by atoms with Gasteiger partial charge in [0.15, 0.2) is 0 Å². The van der Waals surface area contributed by atoms with Crippen LogP contribution >= 0.6 is 0 Å². The third kappa shape index (κ3) is 2.77. The maximum absolute atomic E-state index is 12.9. The van der Waals surface area contributed by atoms with E-state index in [-0.39, 0.29) is 23.1 Å². The van der Waals surface area contributed by atoms with Crippen molar-refractivity contribution in [3.8, 4) is 0 Å². The monoisotopic (exact) mass is 322 g/mol. The molecule has 3 fully saturated rings. The smallest absolute Gasteiger partial charge is 0.226 e. The summed E-state index contributed by atoms with van der Waals surface area (Å²) in [5.41, 5.74) is 0.176. The zero-order valence-electron chi connectivity index (χ0n) is 14.7. The van der Waals surface area contributed by atoms with Crippen LogP contribution in [0.3, 0.4) is 0 Å². The standard InChI is InChI=1S/C18H30N2O3/c1-4-23-15-12-14(18(15)8-5-6-9-18)20(3)17(22)13-7-10-19(2)16(21)11-13/h13-15H,4-12H2,1-3H3/t13-,14-,15-/m1/s1.